The van der Waals surface area contributed by atoms with Crippen LogP contribution in [0.3, 0.4) is 0 Å². The van der Waals surface area contributed by atoms with Gasteiger partial charge in [0.1, 0.15) is 0 Å². The number of alkyl halides is 2. The first-order valence-electron chi connectivity index (χ1n) is 6.08. The van der Waals surface area contributed by atoms with E-state index in [2.05, 4.69) is 24.9 Å². The number of ether oxygens (including phenoxy) is 1. The lowest BCUT2D eigenvalue weighted by atomic mass is 10.2. The predicted octanol–water partition coefficient (Wildman–Crippen LogP) is 2.19. The van der Waals surface area contributed by atoms with Crippen LogP contribution in [0.15, 0.2) is 30.7 Å². The van der Waals surface area contributed by atoms with Crippen LogP contribution in [0.25, 0.3) is 16.9 Å². The number of pyridine rings is 1. The van der Waals surface area contributed by atoms with Crippen molar-refractivity contribution in [2.45, 2.75) is 13.0 Å². The average Bonchev–Trinajstić information content (AvgIpc) is 2.91. The van der Waals surface area contributed by atoms with Gasteiger partial charge in [0, 0.05) is 30.8 Å². The third-order valence-electron chi connectivity index (χ3n) is 3.02. The summed E-state index contributed by atoms with van der Waals surface area (Å²) in [5.74, 6) is -0.594. The van der Waals surface area contributed by atoms with Gasteiger partial charge in [-0.25, -0.2) is 0 Å². The Morgan fingerprint density at radius 3 is 2.62 bits per heavy atom. The Balaban J connectivity index is 2.15. The quantitative estimate of drug-likeness (QED) is 0.740. The van der Waals surface area contributed by atoms with Gasteiger partial charge in [-0.1, -0.05) is 0 Å². The molecule has 3 rings (SSSR count). The van der Waals surface area contributed by atoms with Crippen molar-refractivity contribution in [1.29, 1.82) is 0 Å². The Morgan fingerprint density at radius 1 is 1.14 bits per heavy atom. The maximum absolute atomic E-state index is 13.7. The first-order valence-corrected chi connectivity index (χ1v) is 6.08. The third kappa shape index (κ3) is 2.33. The summed E-state index contributed by atoms with van der Waals surface area (Å²) in [6.45, 7) is 1.86. The molecule has 0 unspecified atom stereocenters. The van der Waals surface area contributed by atoms with Crippen molar-refractivity contribution < 1.29 is 13.5 Å². The van der Waals surface area contributed by atoms with E-state index >= 15 is 0 Å². The van der Waals surface area contributed by atoms with Crippen LogP contribution in [-0.2, 0) is 10.8 Å². The Morgan fingerprint density at radius 2 is 1.95 bits per heavy atom. The molecule has 108 valence electrons. The monoisotopic (exact) mass is 291 g/mol. The molecular formula is C13H11F2N5O. The molecule has 0 aliphatic rings. The molecular weight excluding hydrogens is 280 g/mol. The molecule has 0 saturated carbocycles. The van der Waals surface area contributed by atoms with Crippen molar-refractivity contribution in [3.8, 4) is 11.3 Å². The molecule has 3 aromatic heterocycles. The number of nitrogens with zero attached hydrogens (tertiary/aromatic N) is 5. The maximum atomic E-state index is 13.7. The van der Waals surface area contributed by atoms with Crippen LogP contribution in [0.4, 0.5) is 8.78 Å². The number of methoxy groups -OCH3 is 1. The van der Waals surface area contributed by atoms with Crippen molar-refractivity contribution in [3.05, 3.63) is 42.2 Å². The SMILES string of the molecule is COC(F)(F)c1nnc2cnc(-c3ccc(C)nc3)cn12. The minimum Gasteiger partial charge on any atom is -0.317 e. The summed E-state index contributed by atoms with van der Waals surface area (Å²) in [6.07, 6.45) is 0.910. The fraction of sp³-hybridized carbons (Fsp3) is 0.231. The van der Waals surface area contributed by atoms with Crippen molar-refractivity contribution in [2.75, 3.05) is 7.11 Å². The maximum Gasteiger partial charge on any atom is 0.417 e. The highest BCUT2D eigenvalue weighted by Crippen LogP contribution is 2.28. The number of rotatable bonds is 3. The topological polar surface area (TPSA) is 65.2 Å². The second-order valence-electron chi connectivity index (χ2n) is 4.43. The van der Waals surface area contributed by atoms with E-state index in [0.717, 1.165) is 17.2 Å². The lowest BCUT2D eigenvalue weighted by molar-refractivity contribution is -0.237. The number of aryl methyl sites for hydroxylation is 1. The first-order chi connectivity index (χ1) is 10.0. The molecule has 0 saturated heterocycles. The van der Waals surface area contributed by atoms with Crippen LogP contribution in [0.1, 0.15) is 11.5 Å². The molecule has 0 radical (unpaired) electrons. The highest BCUT2D eigenvalue weighted by Gasteiger charge is 2.37. The summed E-state index contributed by atoms with van der Waals surface area (Å²) in [5.41, 5.74) is 2.27. The van der Waals surface area contributed by atoms with E-state index in [9.17, 15) is 8.78 Å². The van der Waals surface area contributed by atoms with Crippen molar-refractivity contribution in [2.24, 2.45) is 0 Å². The molecule has 0 amide bonds. The fourth-order valence-corrected chi connectivity index (χ4v) is 1.86. The van der Waals surface area contributed by atoms with Gasteiger partial charge >= 0.3 is 6.11 Å². The van der Waals surface area contributed by atoms with Gasteiger partial charge in [-0.05, 0) is 19.1 Å². The van der Waals surface area contributed by atoms with E-state index in [4.69, 9.17) is 0 Å². The summed E-state index contributed by atoms with van der Waals surface area (Å²) in [6, 6.07) is 3.63. The zero-order valence-corrected chi connectivity index (χ0v) is 11.3. The third-order valence-corrected chi connectivity index (χ3v) is 3.02. The van der Waals surface area contributed by atoms with Crippen LogP contribution >= 0.6 is 0 Å². The Labute approximate surface area is 118 Å². The molecule has 3 heterocycles. The number of halogens is 2. The molecule has 0 aliphatic heterocycles. The molecule has 0 N–H and O–H groups in total. The minimum absolute atomic E-state index is 0.213. The first kappa shape index (κ1) is 13.5. The zero-order chi connectivity index (χ0) is 15.0. The number of aromatic nitrogens is 5. The molecule has 0 atom stereocenters. The second kappa shape index (κ2) is 4.81. The highest BCUT2D eigenvalue weighted by atomic mass is 19.3. The van der Waals surface area contributed by atoms with Crippen LogP contribution in [-0.4, -0.2) is 31.7 Å². The normalized spacial score (nSPS) is 12.0. The number of hydrogen-bond acceptors (Lipinski definition) is 5. The van der Waals surface area contributed by atoms with Gasteiger partial charge in [0.2, 0.25) is 5.82 Å². The Bertz CT molecular complexity index is 785. The van der Waals surface area contributed by atoms with E-state index in [1.807, 2.05) is 19.1 Å². The Kier molecular flexibility index (Phi) is 3.09. The zero-order valence-electron chi connectivity index (χ0n) is 11.3. The highest BCUT2D eigenvalue weighted by molar-refractivity contribution is 5.58. The number of hydrogen-bond donors (Lipinski definition) is 0. The summed E-state index contributed by atoms with van der Waals surface area (Å²) in [4.78, 5) is 8.34. The van der Waals surface area contributed by atoms with Gasteiger partial charge in [-0.3, -0.25) is 14.4 Å². The second-order valence-corrected chi connectivity index (χ2v) is 4.43. The van der Waals surface area contributed by atoms with E-state index in [-0.39, 0.29) is 5.65 Å². The van der Waals surface area contributed by atoms with Crippen LogP contribution in [0.2, 0.25) is 0 Å². The lowest BCUT2D eigenvalue weighted by Gasteiger charge is -2.11. The van der Waals surface area contributed by atoms with Crippen LogP contribution in [0.5, 0.6) is 0 Å². The standard InChI is InChI=1S/C13H11F2N5O/c1-8-3-4-9(5-16-8)10-7-20-11(6-17-10)18-19-12(20)13(14,15)21-2/h3-7H,1-2H3. The summed E-state index contributed by atoms with van der Waals surface area (Å²) < 4.78 is 32.6. The molecule has 0 aromatic carbocycles. The van der Waals surface area contributed by atoms with Gasteiger partial charge < -0.3 is 4.74 Å². The van der Waals surface area contributed by atoms with E-state index in [1.165, 1.54) is 12.4 Å². The van der Waals surface area contributed by atoms with E-state index in [1.54, 1.807) is 6.20 Å². The molecule has 8 heteroatoms. The lowest BCUT2D eigenvalue weighted by Crippen LogP contribution is -2.19. The van der Waals surface area contributed by atoms with Gasteiger partial charge in [0.05, 0.1) is 11.9 Å². The minimum atomic E-state index is -3.52. The average molecular weight is 291 g/mol. The fourth-order valence-electron chi connectivity index (χ4n) is 1.86. The molecule has 21 heavy (non-hydrogen) atoms. The largest absolute Gasteiger partial charge is 0.417 e. The predicted molar refractivity (Wildman–Crippen MR) is 69.7 cm³/mol. The van der Waals surface area contributed by atoms with Crippen LogP contribution in [0, 0.1) is 6.92 Å². The summed E-state index contributed by atoms with van der Waals surface area (Å²) in [7, 11) is 0.910. The van der Waals surface area contributed by atoms with E-state index < -0.39 is 11.9 Å². The molecule has 0 aliphatic carbocycles. The molecule has 0 fully saturated rings. The smallest absolute Gasteiger partial charge is 0.317 e. The molecule has 0 bridgehead atoms. The van der Waals surface area contributed by atoms with Crippen LogP contribution < -0.4 is 0 Å². The Hall–Kier alpha value is -2.48. The van der Waals surface area contributed by atoms with Gasteiger partial charge in [-0.2, -0.15) is 8.78 Å². The molecule has 6 nitrogen and oxygen atoms in total. The van der Waals surface area contributed by atoms with Gasteiger partial charge in [0.25, 0.3) is 0 Å². The van der Waals surface area contributed by atoms with E-state index in [0.29, 0.717) is 11.3 Å². The number of fused-ring (bicyclic) bond motifs is 1. The molecule has 0 spiro atoms. The summed E-state index contributed by atoms with van der Waals surface area (Å²) >= 11 is 0. The van der Waals surface area contributed by atoms with Crippen molar-refractivity contribution in [3.63, 3.8) is 0 Å². The molecule has 3 aromatic rings. The summed E-state index contributed by atoms with van der Waals surface area (Å²) in [5, 5.41) is 7.13. The van der Waals surface area contributed by atoms with Crippen molar-refractivity contribution >= 4 is 5.65 Å². The van der Waals surface area contributed by atoms with Gasteiger partial charge in [0.15, 0.2) is 5.65 Å². The van der Waals surface area contributed by atoms with Crippen molar-refractivity contribution in [1.82, 2.24) is 24.6 Å². The van der Waals surface area contributed by atoms with Gasteiger partial charge in [-0.15, -0.1) is 10.2 Å².